The summed E-state index contributed by atoms with van der Waals surface area (Å²) in [5, 5.41) is 3.63. The summed E-state index contributed by atoms with van der Waals surface area (Å²) in [6.07, 6.45) is 0.983. The predicted octanol–water partition coefficient (Wildman–Crippen LogP) is 5.93. The molecule has 1 N–H and O–H groups in total. The van der Waals surface area contributed by atoms with Gasteiger partial charge in [0.2, 0.25) is 5.91 Å². The van der Waals surface area contributed by atoms with E-state index in [1.165, 1.54) is 0 Å². The number of hydrogen-bond donors (Lipinski definition) is 1. The minimum Gasteiger partial charge on any atom is -0.497 e. The first kappa shape index (κ1) is 23.5. The van der Waals surface area contributed by atoms with Crippen LogP contribution in [-0.2, 0) is 11.2 Å². The van der Waals surface area contributed by atoms with E-state index in [9.17, 15) is 4.79 Å². The van der Waals surface area contributed by atoms with Gasteiger partial charge in [-0.15, -0.1) is 0 Å². The van der Waals surface area contributed by atoms with E-state index < -0.39 is 0 Å². The van der Waals surface area contributed by atoms with Crippen LogP contribution in [-0.4, -0.2) is 30.7 Å². The minimum absolute atomic E-state index is 0.00724. The van der Waals surface area contributed by atoms with Gasteiger partial charge < -0.3 is 19.4 Å². The molecule has 0 radical (unpaired) electrons. The molecule has 1 amide bonds. The molecule has 1 aromatic heterocycles. The normalized spacial score (nSPS) is 10.6. The van der Waals surface area contributed by atoms with Crippen molar-refractivity contribution in [3.05, 3.63) is 102 Å². The molecule has 5 nitrogen and oxygen atoms in total. The molecule has 34 heavy (non-hydrogen) atoms. The quantitative estimate of drug-likeness (QED) is 0.290. The monoisotopic (exact) mass is 474 g/mol. The van der Waals surface area contributed by atoms with Crippen LogP contribution in [0.2, 0.25) is 5.02 Å². The van der Waals surface area contributed by atoms with Gasteiger partial charge in [0.15, 0.2) is 0 Å². The highest BCUT2D eigenvalue weighted by molar-refractivity contribution is 6.30. The highest BCUT2D eigenvalue weighted by Crippen LogP contribution is 2.29. The van der Waals surface area contributed by atoms with Crippen molar-refractivity contribution in [1.82, 2.24) is 9.88 Å². The van der Waals surface area contributed by atoms with Crippen molar-refractivity contribution in [2.75, 3.05) is 20.3 Å². The summed E-state index contributed by atoms with van der Waals surface area (Å²) in [5.74, 6) is 1.58. The second-order valence-corrected chi connectivity index (χ2v) is 8.20. The molecule has 0 fully saturated rings. The second kappa shape index (κ2) is 11.4. The Morgan fingerprint density at radius 2 is 1.62 bits per heavy atom. The molecule has 6 heteroatoms. The van der Waals surface area contributed by atoms with Crippen molar-refractivity contribution in [3.8, 4) is 28.4 Å². The fraction of sp³-hybridized carbons (Fsp3) is 0.179. The van der Waals surface area contributed by atoms with Crippen LogP contribution >= 0.6 is 11.6 Å². The lowest BCUT2D eigenvalue weighted by atomic mass is 10.1. The smallest absolute Gasteiger partial charge is 0.220 e. The summed E-state index contributed by atoms with van der Waals surface area (Å²) in [5.41, 5.74) is 4.13. The maximum absolute atomic E-state index is 12.5. The number of nitrogens with zero attached hydrogens (tertiary/aromatic N) is 1. The molecule has 1 heterocycles. The Bertz CT molecular complexity index is 1200. The summed E-state index contributed by atoms with van der Waals surface area (Å²) >= 11 is 6.09. The lowest BCUT2D eigenvalue weighted by molar-refractivity contribution is -0.121. The summed E-state index contributed by atoms with van der Waals surface area (Å²) in [6.45, 7) is 0.891. The number of hydrogen-bond acceptors (Lipinski definition) is 3. The van der Waals surface area contributed by atoms with Crippen LogP contribution < -0.4 is 14.8 Å². The fourth-order valence-corrected chi connectivity index (χ4v) is 3.89. The third-order valence-electron chi connectivity index (χ3n) is 5.48. The lowest BCUT2D eigenvalue weighted by Gasteiger charge is -2.15. The van der Waals surface area contributed by atoms with Crippen molar-refractivity contribution in [2.45, 2.75) is 12.8 Å². The third kappa shape index (κ3) is 6.00. The van der Waals surface area contributed by atoms with Gasteiger partial charge in [0, 0.05) is 22.8 Å². The number of aromatic nitrogens is 1. The number of aryl methyl sites for hydroxylation is 1. The van der Waals surface area contributed by atoms with E-state index in [2.05, 4.69) is 22.0 Å². The van der Waals surface area contributed by atoms with Crippen LogP contribution in [0, 0.1) is 0 Å². The number of amides is 1. The zero-order chi connectivity index (χ0) is 23.8. The first-order valence-electron chi connectivity index (χ1n) is 11.2. The number of ether oxygens (including phenoxy) is 2. The maximum Gasteiger partial charge on any atom is 0.220 e. The zero-order valence-corrected chi connectivity index (χ0v) is 19.8. The van der Waals surface area contributed by atoms with Gasteiger partial charge in [0.25, 0.3) is 0 Å². The Balaban J connectivity index is 1.44. The van der Waals surface area contributed by atoms with Crippen LogP contribution in [0.4, 0.5) is 0 Å². The van der Waals surface area contributed by atoms with E-state index in [4.69, 9.17) is 21.1 Å². The standard InChI is InChI=1S/C28H27ClN2O3/c1-33-25-15-11-23(12-16-25)31-24(13-17-27(31)21-7-9-22(29)10-8-21)14-18-28(32)30-19-20-34-26-5-3-2-4-6-26/h2-13,15-17H,14,18-20H2,1H3,(H,30,32). The number of para-hydroxylation sites is 1. The molecule has 0 aliphatic heterocycles. The molecule has 0 saturated carbocycles. The highest BCUT2D eigenvalue weighted by Gasteiger charge is 2.14. The number of methoxy groups -OCH3 is 1. The maximum atomic E-state index is 12.5. The average molecular weight is 475 g/mol. The Hall–Kier alpha value is -3.70. The summed E-state index contributed by atoms with van der Waals surface area (Å²) in [4.78, 5) is 12.5. The summed E-state index contributed by atoms with van der Waals surface area (Å²) in [6, 6.07) is 29.4. The number of benzene rings is 3. The molecule has 0 bridgehead atoms. The van der Waals surface area contributed by atoms with Crippen LogP contribution in [0.15, 0.2) is 91.0 Å². The van der Waals surface area contributed by atoms with E-state index in [-0.39, 0.29) is 5.91 Å². The Morgan fingerprint density at radius 1 is 0.882 bits per heavy atom. The first-order valence-corrected chi connectivity index (χ1v) is 11.6. The van der Waals surface area contributed by atoms with E-state index in [0.29, 0.717) is 31.0 Å². The van der Waals surface area contributed by atoms with Crippen LogP contribution in [0.1, 0.15) is 12.1 Å². The molecule has 0 aliphatic rings. The van der Waals surface area contributed by atoms with Gasteiger partial charge in [0.1, 0.15) is 18.1 Å². The topological polar surface area (TPSA) is 52.5 Å². The van der Waals surface area contributed by atoms with Gasteiger partial charge in [-0.1, -0.05) is 41.9 Å². The molecule has 0 atom stereocenters. The SMILES string of the molecule is COc1ccc(-n2c(CCC(=O)NCCOc3ccccc3)ccc2-c2ccc(Cl)cc2)cc1. The molecule has 0 spiro atoms. The molecule has 4 rings (SSSR count). The van der Waals surface area contributed by atoms with Gasteiger partial charge in [-0.05, 0) is 72.6 Å². The Morgan fingerprint density at radius 3 is 2.32 bits per heavy atom. The van der Waals surface area contributed by atoms with E-state index >= 15 is 0 Å². The Labute approximate surface area is 204 Å². The van der Waals surface area contributed by atoms with Gasteiger partial charge in [-0.3, -0.25) is 4.79 Å². The second-order valence-electron chi connectivity index (χ2n) is 7.76. The number of carbonyl (C=O) groups is 1. The molecule has 174 valence electrons. The summed E-state index contributed by atoms with van der Waals surface area (Å²) in [7, 11) is 1.65. The lowest BCUT2D eigenvalue weighted by Crippen LogP contribution is -2.28. The van der Waals surface area contributed by atoms with E-state index in [1.807, 2.05) is 78.9 Å². The number of halogens is 1. The molecular formula is C28H27ClN2O3. The van der Waals surface area contributed by atoms with Crippen molar-refractivity contribution in [1.29, 1.82) is 0 Å². The van der Waals surface area contributed by atoms with Crippen molar-refractivity contribution >= 4 is 17.5 Å². The number of rotatable bonds is 10. The fourth-order valence-electron chi connectivity index (χ4n) is 3.76. The van der Waals surface area contributed by atoms with Crippen LogP contribution in [0.3, 0.4) is 0 Å². The van der Waals surface area contributed by atoms with Crippen molar-refractivity contribution in [3.63, 3.8) is 0 Å². The molecule has 0 aliphatic carbocycles. The number of nitrogens with one attached hydrogen (secondary N) is 1. The van der Waals surface area contributed by atoms with Gasteiger partial charge in [-0.2, -0.15) is 0 Å². The van der Waals surface area contributed by atoms with Crippen molar-refractivity contribution in [2.24, 2.45) is 0 Å². The molecule has 0 saturated heterocycles. The van der Waals surface area contributed by atoms with Gasteiger partial charge in [0.05, 0.1) is 19.3 Å². The van der Waals surface area contributed by atoms with Gasteiger partial charge in [-0.25, -0.2) is 0 Å². The molecule has 3 aromatic carbocycles. The highest BCUT2D eigenvalue weighted by atomic mass is 35.5. The average Bonchev–Trinajstić information content (AvgIpc) is 3.30. The summed E-state index contributed by atoms with van der Waals surface area (Å²) < 4.78 is 13.1. The minimum atomic E-state index is -0.00724. The van der Waals surface area contributed by atoms with Gasteiger partial charge >= 0.3 is 0 Å². The third-order valence-corrected chi connectivity index (χ3v) is 5.73. The van der Waals surface area contributed by atoms with Crippen LogP contribution in [0.25, 0.3) is 16.9 Å². The molecule has 4 aromatic rings. The van der Waals surface area contributed by atoms with Crippen molar-refractivity contribution < 1.29 is 14.3 Å². The largest absolute Gasteiger partial charge is 0.497 e. The number of carbonyl (C=O) groups excluding carboxylic acids is 1. The molecule has 0 unspecified atom stereocenters. The first-order chi connectivity index (χ1) is 16.6. The zero-order valence-electron chi connectivity index (χ0n) is 19.0. The Kier molecular flexibility index (Phi) is 7.89. The van der Waals surface area contributed by atoms with E-state index in [0.717, 1.165) is 34.1 Å². The predicted molar refractivity (Wildman–Crippen MR) is 136 cm³/mol. The van der Waals surface area contributed by atoms with Crippen LogP contribution in [0.5, 0.6) is 11.5 Å². The van der Waals surface area contributed by atoms with E-state index in [1.54, 1.807) is 7.11 Å². The molecular weight excluding hydrogens is 448 g/mol.